The molecule has 3 nitrogen and oxygen atoms in total. The van der Waals surface area contributed by atoms with Crippen LogP contribution in [0, 0.1) is 11.8 Å². The molecule has 0 radical (unpaired) electrons. The van der Waals surface area contributed by atoms with E-state index in [4.69, 9.17) is 10.5 Å². The molecule has 1 aliphatic rings. The van der Waals surface area contributed by atoms with E-state index < -0.39 is 0 Å². The van der Waals surface area contributed by atoms with Crippen molar-refractivity contribution < 1.29 is 4.74 Å². The highest BCUT2D eigenvalue weighted by molar-refractivity contribution is 4.84. The van der Waals surface area contributed by atoms with Crippen molar-refractivity contribution in [2.45, 2.75) is 58.0 Å². The third-order valence-electron chi connectivity index (χ3n) is 4.01. The lowest BCUT2D eigenvalue weighted by atomic mass is 9.79. The molecule has 3 N–H and O–H groups in total. The Morgan fingerprint density at radius 2 is 2.12 bits per heavy atom. The molecule has 1 aliphatic carbocycles. The van der Waals surface area contributed by atoms with Gasteiger partial charge >= 0.3 is 0 Å². The fraction of sp³-hybridized carbons (Fsp3) is 1.00. The summed E-state index contributed by atoms with van der Waals surface area (Å²) in [6, 6.07) is 1.15. The molecule has 4 unspecified atom stereocenters. The van der Waals surface area contributed by atoms with Crippen LogP contribution in [-0.4, -0.2) is 32.3 Å². The van der Waals surface area contributed by atoms with Gasteiger partial charge in [-0.25, -0.2) is 0 Å². The van der Waals surface area contributed by atoms with Crippen LogP contribution < -0.4 is 11.1 Å². The smallest absolute Gasteiger partial charge is 0.0615 e. The fourth-order valence-electron chi connectivity index (χ4n) is 3.00. The molecular formula is C14H30N2O. The van der Waals surface area contributed by atoms with E-state index in [-0.39, 0.29) is 0 Å². The van der Waals surface area contributed by atoms with E-state index in [9.17, 15) is 0 Å². The summed E-state index contributed by atoms with van der Waals surface area (Å²) >= 11 is 0. The number of nitrogens with two attached hydrogens (primary N) is 1. The van der Waals surface area contributed by atoms with Gasteiger partial charge in [-0.3, -0.25) is 0 Å². The Bertz CT molecular complexity index is 199. The highest BCUT2D eigenvalue weighted by Gasteiger charge is 2.26. The summed E-state index contributed by atoms with van der Waals surface area (Å²) < 4.78 is 5.30. The van der Waals surface area contributed by atoms with E-state index in [1.807, 2.05) is 0 Å². The molecule has 0 saturated heterocycles. The van der Waals surface area contributed by atoms with Crippen LogP contribution in [0.15, 0.2) is 0 Å². The van der Waals surface area contributed by atoms with Crippen LogP contribution in [-0.2, 0) is 4.74 Å². The molecule has 0 spiro atoms. The zero-order chi connectivity index (χ0) is 12.7. The maximum atomic E-state index is 5.58. The van der Waals surface area contributed by atoms with Crippen LogP contribution in [0.25, 0.3) is 0 Å². The molecule has 0 aliphatic heterocycles. The topological polar surface area (TPSA) is 47.3 Å². The first-order valence-electron chi connectivity index (χ1n) is 7.12. The Balaban J connectivity index is 2.37. The van der Waals surface area contributed by atoms with Gasteiger partial charge in [0.1, 0.15) is 0 Å². The molecule has 0 aromatic rings. The van der Waals surface area contributed by atoms with Crippen LogP contribution in [0.4, 0.5) is 0 Å². The SMILES string of the molecule is COCC(CCCN)NC1CCC(C)CC1C. The van der Waals surface area contributed by atoms with Crippen molar-refractivity contribution in [3.8, 4) is 0 Å². The summed E-state index contributed by atoms with van der Waals surface area (Å²) in [5, 5.41) is 3.78. The van der Waals surface area contributed by atoms with Crippen LogP contribution in [0.3, 0.4) is 0 Å². The standard InChI is InChI=1S/C14H30N2O/c1-11-6-7-14(12(2)9-11)16-13(10-17-3)5-4-8-15/h11-14,16H,4-10,15H2,1-3H3. The molecule has 0 amide bonds. The highest BCUT2D eigenvalue weighted by atomic mass is 16.5. The first-order valence-corrected chi connectivity index (χ1v) is 7.12. The van der Waals surface area contributed by atoms with Crippen molar-refractivity contribution in [2.75, 3.05) is 20.3 Å². The van der Waals surface area contributed by atoms with Crippen molar-refractivity contribution in [1.29, 1.82) is 0 Å². The second-order valence-corrected chi connectivity index (χ2v) is 5.75. The largest absolute Gasteiger partial charge is 0.383 e. The number of rotatable bonds is 7. The lowest BCUT2D eigenvalue weighted by Gasteiger charge is -2.36. The Labute approximate surface area is 106 Å². The lowest BCUT2D eigenvalue weighted by molar-refractivity contribution is 0.135. The van der Waals surface area contributed by atoms with Gasteiger partial charge in [-0.2, -0.15) is 0 Å². The molecule has 4 atom stereocenters. The van der Waals surface area contributed by atoms with Crippen molar-refractivity contribution in [2.24, 2.45) is 17.6 Å². The monoisotopic (exact) mass is 242 g/mol. The van der Waals surface area contributed by atoms with Gasteiger partial charge < -0.3 is 15.8 Å². The third kappa shape index (κ3) is 5.36. The molecule has 1 fully saturated rings. The minimum absolute atomic E-state index is 0.476. The molecule has 1 saturated carbocycles. The molecular weight excluding hydrogens is 212 g/mol. The second kappa shape index (κ2) is 8.06. The van der Waals surface area contributed by atoms with E-state index in [1.54, 1.807) is 7.11 Å². The van der Waals surface area contributed by atoms with Gasteiger partial charge in [-0.1, -0.05) is 13.8 Å². The Kier molecular flexibility index (Phi) is 7.09. The minimum Gasteiger partial charge on any atom is -0.383 e. The molecule has 1 rings (SSSR count). The van der Waals surface area contributed by atoms with Gasteiger partial charge in [0.15, 0.2) is 0 Å². The number of hydrogen-bond acceptors (Lipinski definition) is 3. The zero-order valence-electron chi connectivity index (χ0n) is 11.7. The maximum Gasteiger partial charge on any atom is 0.0615 e. The molecule has 0 bridgehead atoms. The van der Waals surface area contributed by atoms with Gasteiger partial charge in [-0.15, -0.1) is 0 Å². The number of methoxy groups -OCH3 is 1. The van der Waals surface area contributed by atoms with E-state index >= 15 is 0 Å². The highest BCUT2D eigenvalue weighted by Crippen LogP contribution is 2.29. The summed E-state index contributed by atoms with van der Waals surface area (Å²) in [6.45, 7) is 6.33. The number of ether oxygens (including phenoxy) is 1. The fourth-order valence-corrected chi connectivity index (χ4v) is 3.00. The third-order valence-corrected chi connectivity index (χ3v) is 4.01. The predicted molar refractivity (Wildman–Crippen MR) is 73.1 cm³/mol. The summed E-state index contributed by atoms with van der Waals surface area (Å²) in [5.41, 5.74) is 5.58. The summed E-state index contributed by atoms with van der Waals surface area (Å²) in [4.78, 5) is 0. The van der Waals surface area contributed by atoms with Crippen molar-refractivity contribution in [3.63, 3.8) is 0 Å². The van der Waals surface area contributed by atoms with E-state index in [0.717, 1.165) is 37.8 Å². The van der Waals surface area contributed by atoms with Crippen LogP contribution in [0.2, 0.25) is 0 Å². The van der Waals surface area contributed by atoms with Gasteiger partial charge in [0, 0.05) is 19.2 Å². The first kappa shape index (κ1) is 14.9. The maximum absolute atomic E-state index is 5.58. The summed E-state index contributed by atoms with van der Waals surface area (Å²) in [5.74, 6) is 1.68. The van der Waals surface area contributed by atoms with Crippen LogP contribution in [0.5, 0.6) is 0 Å². The van der Waals surface area contributed by atoms with Crippen LogP contribution >= 0.6 is 0 Å². The second-order valence-electron chi connectivity index (χ2n) is 5.75. The average Bonchev–Trinajstić information content (AvgIpc) is 2.29. The van der Waals surface area contributed by atoms with Crippen molar-refractivity contribution in [1.82, 2.24) is 5.32 Å². The van der Waals surface area contributed by atoms with Gasteiger partial charge in [0.05, 0.1) is 6.61 Å². The quantitative estimate of drug-likeness (QED) is 0.719. The van der Waals surface area contributed by atoms with Gasteiger partial charge in [-0.05, 0) is 50.5 Å². The Morgan fingerprint density at radius 1 is 1.35 bits per heavy atom. The minimum atomic E-state index is 0.476. The molecule has 0 aromatic carbocycles. The Morgan fingerprint density at radius 3 is 2.71 bits per heavy atom. The molecule has 0 heterocycles. The lowest BCUT2D eigenvalue weighted by Crippen LogP contribution is -2.46. The van der Waals surface area contributed by atoms with Gasteiger partial charge in [0.25, 0.3) is 0 Å². The number of hydrogen-bond donors (Lipinski definition) is 2. The molecule has 102 valence electrons. The predicted octanol–water partition coefficient (Wildman–Crippen LogP) is 2.15. The molecule has 17 heavy (non-hydrogen) atoms. The van der Waals surface area contributed by atoms with Gasteiger partial charge in [0.2, 0.25) is 0 Å². The summed E-state index contributed by atoms with van der Waals surface area (Å²) in [6.07, 6.45) is 6.24. The summed E-state index contributed by atoms with van der Waals surface area (Å²) in [7, 11) is 1.78. The average molecular weight is 242 g/mol. The van der Waals surface area contributed by atoms with E-state index in [2.05, 4.69) is 19.2 Å². The zero-order valence-corrected chi connectivity index (χ0v) is 11.7. The van der Waals surface area contributed by atoms with Crippen molar-refractivity contribution in [3.05, 3.63) is 0 Å². The Hall–Kier alpha value is -0.120. The molecule has 3 heteroatoms. The van der Waals surface area contributed by atoms with E-state index in [1.165, 1.54) is 19.3 Å². The van der Waals surface area contributed by atoms with Crippen molar-refractivity contribution >= 4 is 0 Å². The van der Waals surface area contributed by atoms with Crippen LogP contribution in [0.1, 0.15) is 46.0 Å². The molecule has 0 aromatic heterocycles. The first-order chi connectivity index (χ1) is 8.17. The van der Waals surface area contributed by atoms with E-state index in [0.29, 0.717) is 12.1 Å². The number of nitrogens with one attached hydrogen (secondary N) is 1. The normalized spacial score (nSPS) is 31.4.